The molecule has 1 fully saturated rings. The highest BCUT2D eigenvalue weighted by Crippen LogP contribution is 2.35. The molecule has 1 aliphatic carbocycles. The Morgan fingerprint density at radius 3 is 3.17 bits per heavy atom. The molecular weight excluding hydrogens is 242 g/mol. The van der Waals surface area contributed by atoms with Crippen LogP contribution in [0, 0.1) is 11.8 Å². The van der Waals surface area contributed by atoms with Crippen molar-refractivity contribution in [1.29, 1.82) is 0 Å². The van der Waals surface area contributed by atoms with Crippen molar-refractivity contribution < 1.29 is 0 Å². The zero-order chi connectivity index (χ0) is 12.5. The Morgan fingerprint density at radius 1 is 1.56 bits per heavy atom. The SMILES string of the molecule is CCC1CCC(C(N)Cc2cn3ccsc3n2)C1. The first kappa shape index (κ1) is 12.2. The van der Waals surface area contributed by atoms with Crippen molar-refractivity contribution in [3.05, 3.63) is 23.5 Å². The van der Waals surface area contributed by atoms with Crippen molar-refractivity contribution in [2.45, 2.75) is 45.1 Å². The van der Waals surface area contributed by atoms with Crippen LogP contribution in [0.1, 0.15) is 38.3 Å². The topological polar surface area (TPSA) is 43.3 Å². The fraction of sp³-hybridized carbons (Fsp3) is 0.643. The van der Waals surface area contributed by atoms with Gasteiger partial charge in [-0.2, -0.15) is 0 Å². The van der Waals surface area contributed by atoms with E-state index in [9.17, 15) is 0 Å². The maximum Gasteiger partial charge on any atom is 0.193 e. The summed E-state index contributed by atoms with van der Waals surface area (Å²) in [7, 11) is 0. The van der Waals surface area contributed by atoms with E-state index in [4.69, 9.17) is 5.73 Å². The van der Waals surface area contributed by atoms with Crippen molar-refractivity contribution in [2.24, 2.45) is 17.6 Å². The third-order valence-electron chi connectivity index (χ3n) is 4.35. The van der Waals surface area contributed by atoms with Crippen LogP contribution in [0.25, 0.3) is 4.96 Å². The molecule has 3 unspecified atom stereocenters. The molecule has 0 spiro atoms. The van der Waals surface area contributed by atoms with E-state index in [0.29, 0.717) is 5.92 Å². The molecule has 18 heavy (non-hydrogen) atoms. The van der Waals surface area contributed by atoms with Crippen molar-refractivity contribution in [3.63, 3.8) is 0 Å². The number of aromatic nitrogens is 2. The first-order valence-corrected chi connectivity index (χ1v) is 7.81. The molecule has 4 heteroatoms. The third kappa shape index (κ3) is 2.31. The van der Waals surface area contributed by atoms with E-state index in [1.807, 2.05) is 0 Å². The van der Waals surface area contributed by atoms with Gasteiger partial charge in [-0.25, -0.2) is 4.98 Å². The zero-order valence-corrected chi connectivity index (χ0v) is 11.7. The van der Waals surface area contributed by atoms with Crippen LogP contribution in [0.5, 0.6) is 0 Å². The number of nitrogens with two attached hydrogens (primary N) is 1. The predicted octanol–water partition coefficient (Wildman–Crippen LogP) is 3.09. The molecule has 0 aliphatic heterocycles. The first-order chi connectivity index (χ1) is 8.76. The van der Waals surface area contributed by atoms with E-state index in [-0.39, 0.29) is 6.04 Å². The van der Waals surface area contributed by atoms with Gasteiger partial charge in [0, 0.05) is 30.2 Å². The molecule has 1 saturated carbocycles. The second-order valence-corrected chi connectivity index (χ2v) is 6.41. The number of hydrogen-bond acceptors (Lipinski definition) is 3. The first-order valence-electron chi connectivity index (χ1n) is 6.93. The van der Waals surface area contributed by atoms with Gasteiger partial charge in [0.15, 0.2) is 4.96 Å². The molecule has 0 radical (unpaired) electrons. The number of imidazole rings is 1. The van der Waals surface area contributed by atoms with E-state index in [0.717, 1.165) is 23.0 Å². The molecule has 2 aromatic heterocycles. The monoisotopic (exact) mass is 263 g/mol. The highest BCUT2D eigenvalue weighted by molar-refractivity contribution is 7.15. The van der Waals surface area contributed by atoms with Gasteiger partial charge in [0.05, 0.1) is 5.69 Å². The Balaban J connectivity index is 1.64. The Kier molecular flexibility index (Phi) is 3.39. The van der Waals surface area contributed by atoms with Crippen molar-refractivity contribution >= 4 is 16.3 Å². The summed E-state index contributed by atoms with van der Waals surface area (Å²) in [4.78, 5) is 5.70. The average molecular weight is 263 g/mol. The van der Waals surface area contributed by atoms with Gasteiger partial charge < -0.3 is 5.73 Å². The lowest BCUT2D eigenvalue weighted by atomic mass is 9.93. The summed E-state index contributed by atoms with van der Waals surface area (Å²) in [6.07, 6.45) is 10.4. The normalized spacial score (nSPS) is 25.9. The van der Waals surface area contributed by atoms with Gasteiger partial charge in [0.25, 0.3) is 0 Å². The molecule has 0 bridgehead atoms. The highest BCUT2D eigenvalue weighted by atomic mass is 32.1. The Morgan fingerprint density at radius 2 is 2.44 bits per heavy atom. The summed E-state index contributed by atoms with van der Waals surface area (Å²) >= 11 is 1.68. The van der Waals surface area contributed by atoms with Crippen molar-refractivity contribution in [1.82, 2.24) is 9.38 Å². The predicted molar refractivity (Wildman–Crippen MR) is 75.9 cm³/mol. The lowest BCUT2D eigenvalue weighted by molar-refractivity contribution is 0.403. The molecule has 98 valence electrons. The fourth-order valence-electron chi connectivity index (χ4n) is 3.16. The summed E-state index contributed by atoms with van der Waals surface area (Å²) in [6, 6.07) is 0.283. The van der Waals surface area contributed by atoms with Gasteiger partial charge in [-0.05, 0) is 24.7 Å². The molecule has 3 atom stereocenters. The number of nitrogens with zero attached hydrogens (tertiary/aromatic N) is 2. The van der Waals surface area contributed by atoms with Crippen LogP contribution >= 0.6 is 11.3 Å². The van der Waals surface area contributed by atoms with Crippen molar-refractivity contribution in [2.75, 3.05) is 0 Å². The van der Waals surface area contributed by atoms with E-state index in [1.165, 1.54) is 25.7 Å². The Bertz CT molecular complexity index is 487. The summed E-state index contributed by atoms with van der Waals surface area (Å²) in [5.74, 6) is 1.61. The van der Waals surface area contributed by atoms with Crippen molar-refractivity contribution in [3.8, 4) is 0 Å². The minimum absolute atomic E-state index is 0.283. The van der Waals surface area contributed by atoms with Gasteiger partial charge in [-0.15, -0.1) is 11.3 Å². The minimum atomic E-state index is 0.283. The molecule has 3 nitrogen and oxygen atoms in total. The number of fused-ring (bicyclic) bond motifs is 1. The van der Waals surface area contributed by atoms with Gasteiger partial charge in [0.2, 0.25) is 0 Å². The summed E-state index contributed by atoms with van der Waals surface area (Å²) in [5.41, 5.74) is 7.52. The fourth-order valence-corrected chi connectivity index (χ4v) is 3.87. The molecule has 1 aliphatic rings. The smallest absolute Gasteiger partial charge is 0.193 e. The van der Waals surface area contributed by atoms with Crippen LogP contribution in [0.3, 0.4) is 0 Å². The van der Waals surface area contributed by atoms with E-state index in [1.54, 1.807) is 11.3 Å². The number of thiazole rings is 1. The van der Waals surface area contributed by atoms with Crippen LogP contribution < -0.4 is 5.73 Å². The molecule has 2 heterocycles. The number of hydrogen-bond donors (Lipinski definition) is 1. The maximum absolute atomic E-state index is 6.37. The van der Waals surface area contributed by atoms with Gasteiger partial charge in [-0.3, -0.25) is 4.40 Å². The molecule has 0 aromatic carbocycles. The van der Waals surface area contributed by atoms with E-state index < -0.39 is 0 Å². The maximum atomic E-state index is 6.37. The van der Waals surface area contributed by atoms with Gasteiger partial charge in [-0.1, -0.05) is 19.8 Å². The lowest BCUT2D eigenvalue weighted by Gasteiger charge is -2.18. The third-order valence-corrected chi connectivity index (χ3v) is 5.12. The van der Waals surface area contributed by atoms with E-state index >= 15 is 0 Å². The number of rotatable bonds is 4. The largest absolute Gasteiger partial charge is 0.327 e. The highest BCUT2D eigenvalue weighted by Gasteiger charge is 2.28. The summed E-state index contributed by atoms with van der Waals surface area (Å²) in [6.45, 7) is 2.29. The standard InChI is InChI=1S/C14H21N3S/c1-2-10-3-4-11(7-10)13(15)8-12-9-17-5-6-18-14(17)16-12/h5-6,9-11,13H,2-4,7-8,15H2,1H3. The molecule has 3 rings (SSSR count). The molecule has 2 aromatic rings. The second-order valence-electron chi connectivity index (χ2n) is 5.54. The molecule has 0 saturated heterocycles. The molecule has 0 amide bonds. The molecule has 2 N–H and O–H groups in total. The molecular formula is C14H21N3S. The van der Waals surface area contributed by atoms with E-state index in [2.05, 4.69) is 34.1 Å². The van der Waals surface area contributed by atoms with Crippen LogP contribution in [-0.2, 0) is 6.42 Å². The van der Waals surface area contributed by atoms with Gasteiger partial charge >= 0.3 is 0 Å². The Labute approximate surface area is 112 Å². The Hall–Kier alpha value is -0.870. The quantitative estimate of drug-likeness (QED) is 0.921. The average Bonchev–Trinajstić information content (AvgIpc) is 3.02. The summed E-state index contributed by atoms with van der Waals surface area (Å²) in [5, 5.41) is 2.06. The van der Waals surface area contributed by atoms with Crippen LogP contribution in [-0.4, -0.2) is 15.4 Å². The van der Waals surface area contributed by atoms with Gasteiger partial charge in [0.1, 0.15) is 0 Å². The second kappa shape index (κ2) is 5.02. The van der Waals surface area contributed by atoms with Crippen LogP contribution in [0.4, 0.5) is 0 Å². The lowest BCUT2D eigenvalue weighted by Crippen LogP contribution is -2.31. The minimum Gasteiger partial charge on any atom is -0.327 e. The van der Waals surface area contributed by atoms with Crippen LogP contribution in [0.2, 0.25) is 0 Å². The summed E-state index contributed by atoms with van der Waals surface area (Å²) < 4.78 is 2.09. The zero-order valence-electron chi connectivity index (χ0n) is 10.9. The van der Waals surface area contributed by atoms with Crippen LogP contribution in [0.15, 0.2) is 17.8 Å².